The van der Waals surface area contributed by atoms with Crippen LogP contribution >= 0.6 is 27.3 Å². The molecule has 0 unspecified atom stereocenters. The number of thiophene rings is 1. The van der Waals surface area contributed by atoms with Crippen LogP contribution in [-0.4, -0.2) is 10.1 Å². The minimum absolute atomic E-state index is 0.211. The van der Waals surface area contributed by atoms with Crippen LogP contribution in [0.3, 0.4) is 0 Å². The summed E-state index contributed by atoms with van der Waals surface area (Å²) in [5, 5.41) is 19.4. The van der Waals surface area contributed by atoms with Crippen LogP contribution in [0.1, 0.15) is 11.1 Å². The predicted molar refractivity (Wildman–Crippen MR) is 87.0 cm³/mol. The van der Waals surface area contributed by atoms with Crippen molar-refractivity contribution in [2.24, 2.45) is 0 Å². The highest BCUT2D eigenvalue weighted by Gasteiger charge is 2.30. The summed E-state index contributed by atoms with van der Waals surface area (Å²) in [6, 6.07) is 6.02. The second-order valence-corrected chi connectivity index (χ2v) is 7.16. The molecule has 1 aromatic carbocycles. The van der Waals surface area contributed by atoms with Gasteiger partial charge in [0.05, 0.1) is 14.7 Å². The molecule has 122 valence electrons. The molecule has 4 nitrogen and oxygen atoms in total. The predicted octanol–water partition coefficient (Wildman–Crippen LogP) is 4.62. The molecule has 2 aromatic heterocycles. The molecule has 2 heterocycles. The largest absolute Gasteiger partial charge is 0.506 e. The molecule has 0 aliphatic heterocycles. The number of pyridine rings is 1. The molecule has 0 saturated heterocycles. The van der Waals surface area contributed by atoms with E-state index in [9.17, 15) is 23.1 Å². The minimum atomic E-state index is -4.45. The Balaban J connectivity index is 2.29. The van der Waals surface area contributed by atoms with E-state index in [1.165, 1.54) is 12.1 Å². The first kappa shape index (κ1) is 16.5. The highest BCUT2D eigenvalue weighted by Crippen LogP contribution is 2.45. The summed E-state index contributed by atoms with van der Waals surface area (Å²) in [6.45, 7) is 0. The Morgan fingerprint density at radius 2 is 1.88 bits per heavy atom. The second kappa shape index (κ2) is 5.65. The number of nitriles is 1. The zero-order valence-corrected chi connectivity index (χ0v) is 13.9. The number of nitrogens with zero attached hydrogens (tertiary/aromatic N) is 1. The average molecular weight is 415 g/mol. The smallest absolute Gasteiger partial charge is 0.416 e. The first-order valence-corrected chi connectivity index (χ1v) is 8.00. The number of rotatable bonds is 1. The lowest BCUT2D eigenvalue weighted by molar-refractivity contribution is -0.137. The number of nitrogens with one attached hydrogen (secondary N) is 1. The Kier molecular flexibility index (Phi) is 3.89. The van der Waals surface area contributed by atoms with Gasteiger partial charge in [0.25, 0.3) is 5.56 Å². The van der Waals surface area contributed by atoms with Gasteiger partial charge in [-0.25, -0.2) is 0 Å². The maximum atomic E-state index is 12.7. The van der Waals surface area contributed by atoms with Crippen molar-refractivity contribution in [2.45, 2.75) is 6.18 Å². The van der Waals surface area contributed by atoms with Crippen molar-refractivity contribution in [1.82, 2.24) is 4.98 Å². The van der Waals surface area contributed by atoms with Crippen molar-refractivity contribution >= 4 is 37.5 Å². The summed E-state index contributed by atoms with van der Waals surface area (Å²) in [5.74, 6) is -0.493. The summed E-state index contributed by atoms with van der Waals surface area (Å²) in [7, 11) is 0. The van der Waals surface area contributed by atoms with Crippen molar-refractivity contribution in [3.63, 3.8) is 0 Å². The van der Waals surface area contributed by atoms with Gasteiger partial charge in [-0.1, -0.05) is 12.1 Å². The molecule has 0 saturated carbocycles. The normalized spacial score (nSPS) is 11.6. The van der Waals surface area contributed by atoms with Gasteiger partial charge < -0.3 is 10.1 Å². The Morgan fingerprint density at radius 3 is 2.42 bits per heavy atom. The zero-order chi connectivity index (χ0) is 17.6. The molecule has 9 heteroatoms. The van der Waals surface area contributed by atoms with Crippen molar-refractivity contribution < 1.29 is 18.3 Å². The maximum Gasteiger partial charge on any atom is 0.416 e. The molecule has 0 fully saturated rings. The van der Waals surface area contributed by atoms with Crippen LogP contribution in [-0.2, 0) is 6.18 Å². The van der Waals surface area contributed by atoms with Crippen LogP contribution in [0.4, 0.5) is 13.2 Å². The van der Waals surface area contributed by atoms with Crippen molar-refractivity contribution in [1.29, 1.82) is 5.26 Å². The fourth-order valence-corrected chi connectivity index (χ4v) is 4.16. The molecule has 0 amide bonds. The number of alkyl halides is 3. The van der Waals surface area contributed by atoms with E-state index in [0.717, 1.165) is 23.5 Å². The number of hydrogen-bond acceptors (Lipinski definition) is 4. The molecule has 2 N–H and O–H groups in total. The molecule has 0 radical (unpaired) electrons. The second-order valence-electron chi connectivity index (χ2n) is 4.82. The van der Waals surface area contributed by atoms with Crippen LogP contribution in [0.2, 0.25) is 0 Å². The maximum absolute atomic E-state index is 12.7. The molecule has 0 spiro atoms. The Labute approximate surface area is 144 Å². The number of aromatic nitrogens is 1. The molecule has 0 aliphatic rings. The first-order chi connectivity index (χ1) is 11.2. The van der Waals surface area contributed by atoms with E-state index in [-0.39, 0.29) is 5.39 Å². The average Bonchev–Trinajstić information content (AvgIpc) is 2.83. The number of hydrogen-bond donors (Lipinski definition) is 2. The molecule has 3 aromatic rings. The molecule has 24 heavy (non-hydrogen) atoms. The summed E-state index contributed by atoms with van der Waals surface area (Å²) < 4.78 is 38.5. The third-order valence-corrected chi connectivity index (χ3v) is 5.18. The number of benzene rings is 1. The van der Waals surface area contributed by atoms with Gasteiger partial charge in [-0.05, 0) is 33.6 Å². The van der Waals surface area contributed by atoms with Crippen LogP contribution in [0.15, 0.2) is 32.8 Å². The molecule has 0 bridgehead atoms. The lowest BCUT2D eigenvalue weighted by Gasteiger charge is -2.08. The molecular formula is C15H6BrF3N2O2S. The molecule has 0 atom stereocenters. The number of aromatic amines is 1. The summed E-state index contributed by atoms with van der Waals surface area (Å²) in [4.78, 5) is 14.5. The van der Waals surface area contributed by atoms with Crippen LogP contribution in [0, 0.1) is 11.3 Å². The number of halogens is 4. The topological polar surface area (TPSA) is 76.9 Å². The fourth-order valence-electron chi connectivity index (χ4n) is 2.30. The van der Waals surface area contributed by atoms with E-state index >= 15 is 0 Å². The Morgan fingerprint density at radius 1 is 1.25 bits per heavy atom. The number of fused-ring (bicyclic) bond motifs is 1. The van der Waals surface area contributed by atoms with E-state index in [2.05, 4.69) is 20.9 Å². The molecule has 0 aliphatic carbocycles. The van der Waals surface area contributed by atoms with Gasteiger partial charge >= 0.3 is 6.18 Å². The lowest BCUT2D eigenvalue weighted by atomic mass is 10.0. The summed E-state index contributed by atoms with van der Waals surface area (Å²) in [6.07, 6.45) is -4.45. The van der Waals surface area contributed by atoms with Crippen LogP contribution in [0.25, 0.3) is 21.3 Å². The third kappa shape index (κ3) is 2.57. The standard InChI is InChI=1S/C15H6BrF3N2O2S/c16-12-9(6-1-3-7(4-2-6)15(17,18)19)10-11(22)8(5-20)13(23)21-14(10)24-12/h1-4H,(H2,21,22,23). The third-order valence-electron chi connectivity index (χ3n) is 3.41. The van der Waals surface area contributed by atoms with Gasteiger partial charge in [0.2, 0.25) is 0 Å². The van der Waals surface area contributed by atoms with E-state index < -0.39 is 28.6 Å². The van der Waals surface area contributed by atoms with E-state index in [0.29, 0.717) is 19.7 Å². The molecular weight excluding hydrogens is 409 g/mol. The zero-order valence-electron chi connectivity index (χ0n) is 11.5. The number of aromatic hydroxyl groups is 1. The monoisotopic (exact) mass is 414 g/mol. The Bertz CT molecular complexity index is 1050. The van der Waals surface area contributed by atoms with Crippen molar-refractivity contribution in [2.75, 3.05) is 0 Å². The minimum Gasteiger partial charge on any atom is -0.506 e. The quantitative estimate of drug-likeness (QED) is 0.609. The van der Waals surface area contributed by atoms with Crippen molar-refractivity contribution in [3.8, 4) is 22.9 Å². The molecule has 3 rings (SSSR count). The van der Waals surface area contributed by atoms with E-state index in [4.69, 9.17) is 5.26 Å². The van der Waals surface area contributed by atoms with Crippen LogP contribution < -0.4 is 5.56 Å². The van der Waals surface area contributed by atoms with Crippen LogP contribution in [0.5, 0.6) is 5.75 Å². The first-order valence-electron chi connectivity index (χ1n) is 6.39. The highest BCUT2D eigenvalue weighted by atomic mass is 79.9. The SMILES string of the molecule is N#Cc1c(O)c2c(-c3ccc(C(F)(F)F)cc3)c(Br)sc2[nH]c1=O. The highest BCUT2D eigenvalue weighted by molar-refractivity contribution is 9.11. The van der Waals surface area contributed by atoms with E-state index in [1.807, 2.05) is 0 Å². The van der Waals surface area contributed by atoms with Gasteiger partial charge in [-0.15, -0.1) is 11.3 Å². The van der Waals surface area contributed by atoms with E-state index in [1.54, 1.807) is 6.07 Å². The summed E-state index contributed by atoms with van der Waals surface area (Å²) in [5.41, 5.74) is -1.14. The fraction of sp³-hybridized carbons (Fsp3) is 0.0667. The van der Waals surface area contributed by atoms with Gasteiger partial charge in [0.15, 0.2) is 5.56 Å². The number of H-pyrrole nitrogens is 1. The van der Waals surface area contributed by atoms with Gasteiger partial charge in [-0.2, -0.15) is 18.4 Å². The van der Waals surface area contributed by atoms with Crippen molar-refractivity contribution in [3.05, 3.63) is 49.5 Å². The van der Waals surface area contributed by atoms with Gasteiger partial charge in [-0.3, -0.25) is 4.79 Å². The Hall–Kier alpha value is -2.31. The lowest BCUT2D eigenvalue weighted by Crippen LogP contribution is -2.09. The van der Waals surface area contributed by atoms with Gasteiger partial charge in [0, 0.05) is 5.56 Å². The summed E-state index contributed by atoms with van der Waals surface area (Å²) >= 11 is 4.39. The van der Waals surface area contributed by atoms with Gasteiger partial charge in [0.1, 0.15) is 16.6 Å².